The van der Waals surface area contributed by atoms with Crippen molar-refractivity contribution in [1.29, 1.82) is 0 Å². The molecule has 0 heterocycles. The second kappa shape index (κ2) is 5.66. The molecule has 0 aliphatic heterocycles. The Bertz CT molecular complexity index is 390. The number of Topliss-reactive ketones (excluding diaryl/α,β-unsaturated/α-hetero) is 1. The largest absolute Gasteiger partial charge is 0.481 e. The number of hydrogen-bond donors (Lipinski definition) is 4. The van der Waals surface area contributed by atoms with Crippen molar-refractivity contribution in [2.24, 2.45) is 11.5 Å². The quantitative estimate of drug-likeness (QED) is 0.493. The van der Waals surface area contributed by atoms with Crippen LogP contribution >= 0.6 is 0 Å². The second-order valence-corrected chi connectivity index (χ2v) is 5.22. The summed E-state index contributed by atoms with van der Waals surface area (Å²) in [4.78, 5) is 34.2. The summed E-state index contributed by atoms with van der Waals surface area (Å²) in [7, 11) is 0. The lowest BCUT2D eigenvalue weighted by atomic mass is 9.71. The van der Waals surface area contributed by atoms with Crippen molar-refractivity contribution >= 4 is 17.7 Å². The Morgan fingerprint density at radius 1 is 1.11 bits per heavy atom. The third kappa shape index (κ3) is 3.30. The van der Waals surface area contributed by atoms with Gasteiger partial charge in [0.1, 0.15) is 0 Å². The second-order valence-electron chi connectivity index (χ2n) is 5.22. The maximum absolute atomic E-state index is 12.4. The Balaban J connectivity index is 2.94. The zero-order chi connectivity index (χ0) is 14.7. The number of carbonyl (C=O) groups excluding carboxylic acids is 1. The smallest absolute Gasteiger partial charge is 0.331 e. The van der Waals surface area contributed by atoms with E-state index in [1.54, 1.807) is 0 Å². The van der Waals surface area contributed by atoms with E-state index in [-0.39, 0.29) is 0 Å². The molecule has 0 amide bonds. The summed E-state index contributed by atoms with van der Waals surface area (Å²) in [5.41, 5.74) is 8.18. The highest BCUT2D eigenvalue weighted by Gasteiger charge is 2.51. The fourth-order valence-electron chi connectivity index (χ4n) is 2.48. The van der Waals surface area contributed by atoms with Gasteiger partial charge in [-0.25, -0.2) is 4.79 Å². The highest BCUT2D eigenvalue weighted by molar-refractivity contribution is 6.12. The topological polar surface area (TPSA) is 144 Å². The number of aliphatic carboxylic acids is 2. The summed E-state index contributed by atoms with van der Waals surface area (Å²) in [5.74, 6) is -3.47. The van der Waals surface area contributed by atoms with E-state index in [0.29, 0.717) is 12.8 Å². The molecule has 0 aromatic carbocycles. The van der Waals surface area contributed by atoms with Crippen LogP contribution in [-0.4, -0.2) is 39.0 Å². The molecule has 1 aliphatic carbocycles. The van der Waals surface area contributed by atoms with E-state index in [1.807, 2.05) is 0 Å². The summed E-state index contributed by atoms with van der Waals surface area (Å²) in [6.07, 6.45) is 2.30. The summed E-state index contributed by atoms with van der Waals surface area (Å²) < 4.78 is 0. The molecule has 0 aromatic heterocycles. The molecule has 1 unspecified atom stereocenters. The molecule has 1 aliphatic rings. The molecule has 0 aromatic rings. The highest BCUT2D eigenvalue weighted by Crippen LogP contribution is 2.31. The van der Waals surface area contributed by atoms with E-state index in [1.165, 1.54) is 0 Å². The van der Waals surface area contributed by atoms with Crippen LogP contribution in [0.3, 0.4) is 0 Å². The van der Waals surface area contributed by atoms with Crippen molar-refractivity contribution in [1.82, 2.24) is 0 Å². The fourth-order valence-corrected chi connectivity index (χ4v) is 2.48. The van der Waals surface area contributed by atoms with Crippen molar-refractivity contribution in [2.75, 3.05) is 0 Å². The first-order valence-corrected chi connectivity index (χ1v) is 6.30. The third-order valence-electron chi connectivity index (χ3n) is 3.72. The van der Waals surface area contributed by atoms with E-state index >= 15 is 0 Å². The van der Waals surface area contributed by atoms with Crippen molar-refractivity contribution in [3.63, 3.8) is 0 Å². The van der Waals surface area contributed by atoms with E-state index in [4.69, 9.17) is 21.7 Å². The van der Waals surface area contributed by atoms with Crippen LogP contribution in [0.2, 0.25) is 0 Å². The molecule has 0 radical (unpaired) electrons. The van der Waals surface area contributed by atoms with Crippen LogP contribution in [0.4, 0.5) is 0 Å². The van der Waals surface area contributed by atoms with Gasteiger partial charge in [-0.15, -0.1) is 0 Å². The molecule has 0 bridgehead atoms. The maximum atomic E-state index is 12.4. The average Bonchev–Trinajstić information content (AvgIpc) is 2.35. The van der Waals surface area contributed by atoms with Gasteiger partial charge < -0.3 is 21.7 Å². The van der Waals surface area contributed by atoms with Gasteiger partial charge in [0, 0.05) is 6.42 Å². The molecule has 1 fully saturated rings. The monoisotopic (exact) mass is 272 g/mol. The lowest BCUT2D eigenvalue weighted by molar-refractivity contribution is -0.151. The fraction of sp³-hybridized carbons (Fsp3) is 0.750. The van der Waals surface area contributed by atoms with Crippen molar-refractivity contribution in [3.8, 4) is 0 Å². The average molecular weight is 272 g/mol. The molecule has 0 spiro atoms. The molecule has 7 heteroatoms. The number of carboxylic acid groups (broad SMARTS) is 2. The molecule has 7 nitrogen and oxygen atoms in total. The van der Waals surface area contributed by atoms with Gasteiger partial charge in [-0.2, -0.15) is 0 Å². The Morgan fingerprint density at radius 2 is 1.63 bits per heavy atom. The Hall–Kier alpha value is -1.47. The Kier molecular flexibility index (Phi) is 4.65. The minimum Gasteiger partial charge on any atom is -0.481 e. The number of carbonyl (C=O) groups is 3. The van der Waals surface area contributed by atoms with E-state index in [0.717, 1.165) is 19.3 Å². The summed E-state index contributed by atoms with van der Waals surface area (Å²) >= 11 is 0. The third-order valence-corrected chi connectivity index (χ3v) is 3.72. The minimum absolute atomic E-state index is 0.394. The van der Waals surface area contributed by atoms with Gasteiger partial charge in [0.05, 0.1) is 5.54 Å². The van der Waals surface area contributed by atoms with E-state index in [2.05, 4.69) is 0 Å². The molecule has 1 rings (SSSR count). The van der Waals surface area contributed by atoms with Gasteiger partial charge in [-0.05, 0) is 19.3 Å². The van der Waals surface area contributed by atoms with Gasteiger partial charge in [0.25, 0.3) is 0 Å². The number of ketones is 1. The van der Waals surface area contributed by atoms with Crippen LogP contribution < -0.4 is 11.5 Å². The van der Waals surface area contributed by atoms with Crippen LogP contribution in [0.1, 0.15) is 44.9 Å². The lowest BCUT2D eigenvalue weighted by Crippen LogP contribution is -2.66. The number of nitrogens with two attached hydrogens (primary N) is 2. The van der Waals surface area contributed by atoms with Gasteiger partial charge in [-0.1, -0.05) is 19.3 Å². The van der Waals surface area contributed by atoms with Crippen LogP contribution in [0, 0.1) is 0 Å². The molecule has 1 saturated carbocycles. The van der Waals surface area contributed by atoms with Gasteiger partial charge in [0.2, 0.25) is 0 Å². The molecule has 108 valence electrons. The summed E-state index contributed by atoms with van der Waals surface area (Å²) in [6.45, 7) is 0. The first-order valence-electron chi connectivity index (χ1n) is 6.30. The lowest BCUT2D eigenvalue weighted by Gasteiger charge is -2.37. The zero-order valence-electron chi connectivity index (χ0n) is 10.7. The first-order chi connectivity index (χ1) is 8.72. The van der Waals surface area contributed by atoms with Crippen LogP contribution in [0.25, 0.3) is 0 Å². The van der Waals surface area contributed by atoms with Crippen LogP contribution in [0.5, 0.6) is 0 Å². The first kappa shape index (κ1) is 15.6. The molecular formula is C12H20N2O5. The molecule has 0 saturated heterocycles. The van der Waals surface area contributed by atoms with Gasteiger partial charge in [-0.3, -0.25) is 9.59 Å². The molecule has 1 atom stereocenters. The van der Waals surface area contributed by atoms with Crippen molar-refractivity contribution < 1.29 is 24.6 Å². The Morgan fingerprint density at radius 3 is 2.05 bits per heavy atom. The molecule has 6 N–H and O–H groups in total. The predicted octanol–water partition coefficient (Wildman–Crippen LogP) is -0.136. The van der Waals surface area contributed by atoms with Crippen molar-refractivity contribution in [2.45, 2.75) is 56.0 Å². The number of carboxylic acids is 2. The van der Waals surface area contributed by atoms with Crippen LogP contribution in [0.15, 0.2) is 0 Å². The number of hydrogen-bond acceptors (Lipinski definition) is 5. The van der Waals surface area contributed by atoms with E-state index in [9.17, 15) is 14.4 Å². The number of rotatable bonds is 6. The maximum Gasteiger partial charge on any atom is 0.331 e. The van der Waals surface area contributed by atoms with Crippen molar-refractivity contribution in [3.05, 3.63) is 0 Å². The predicted molar refractivity (Wildman–Crippen MR) is 66.4 cm³/mol. The SMILES string of the molecule is NC1(C(=O)C(N)(CCC(=O)O)C(=O)O)CCCCC1. The Labute approximate surface area is 111 Å². The molecule has 19 heavy (non-hydrogen) atoms. The van der Waals surface area contributed by atoms with E-state index < -0.39 is 41.6 Å². The standard InChI is InChI=1S/C12H20N2O5/c13-11(5-2-1-3-6-11)9(17)12(14,10(18)19)7-4-8(15)16/h1-7,13-14H2,(H,15,16)(H,18,19). The molecular weight excluding hydrogens is 252 g/mol. The minimum atomic E-state index is -2.22. The zero-order valence-corrected chi connectivity index (χ0v) is 10.7. The van der Waals surface area contributed by atoms with Gasteiger partial charge in [0.15, 0.2) is 11.3 Å². The van der Waals surface area contributed by atoms with Gasteiger partial charge >= 0.3 is 11.9 Å². The van der Waals surface area contributed by atoms with Crippen LogP contribution in [-0.2, 0) is 14.4 Å². The highest BCUT2D eigenvalue weighted by atomic mass is 16.4. The summed E-state index contributed by atoms with van der Waals surface area (Å²) in [6, 6.07) is 0. The normalized spacial score (nSPS) is 21.4. The summed E-state index contributed by atoms with van der Waals surface area (Å²) in [5, 5.41) is 17.8.